The SMILES string of the molecule is CCNC(=NCC1CCCN(C)C1c1cccs1)NCCN(C(C)C)C1CC1. The molecule has 1 saturated carbocycles. The van der Waals surface area contributed by atoms with Gasteiger partial charge in [0.15, 0.2) is 5.96 Å². The van der Waals surface area contributed by atoms with E-state index in [4.69, 9.17) is 4.99 Å². The Kier molecular flexibility index (Phi) is 8.18. The Balaban J connectivity index is 1.56. The number of guanidine groups is 1. The first-order valence-electron chi connectivity index (χ1n) is 11.1. The van der Waals surface area contributed by atoms with Crippen LogP contribution in [0.15, 0.2) is 22.5 Å². The Morgan fingerprint density at radius 2 is 2.14 bits per heavy atom. The van der Waals surface area contributed by atoms with E-state index in [0.29, 0.717) is 18.0 Å². The van der Waals surface area contributed by atoms with Crippen molar-refractivity contribution in [3.8, 4) is 0 Å². The standard InChI is InChI=1S/C22H39N5S/c1-5-23-22(24-12-14-27(17(2)3)19-10-11-19)25-16-18-8-6-13-26(4)21(18)20-9-7-15-28-20/h7,9,15,17-19,21H,5-6,8,10-14,16H2,1-4H3,(H2,23,24,25). The summed E-state index contributed by atoms with van der Waals surface area (Å²) in [5, 5.41) is 9.21. The molecule has 0 aromatic carbocycles. The summed E-state index contributed by atoms with van der Waals surface area (Å²) in [6.45, 7) is 11.8. The number of rotatable bonds is 9. The molecule has 1 aliphatic carbocycles. The molecule has 2 heterocycles. The Bertz CT molecular complexity index is 594. The van der Waals surface area contributed by atoms with Crippen molar-refractivity contribution >= 4 is 17.3 Å². The second-order valence-corrected chi connectivity index (χ2v) is 9.53. The molecule has 1 saturated heterocycles. The van der Waals surface area contributed by atoms with Crippen molar-refractivity contribution in [2.24, 2.45) is 10.9 Å². The highest BCUT2D eigenvalue weighted by molar-refractivity contribution is 7.10. The summed E-state index contributed by atoms with van der Waals surface area (Å²) in [5.41, 5.74) is 0. The first-order chi connectivity index (χ1) is 13.6. The van der Waals surface area contributed by atoms with Crippen molar-refractivity contribution in [1.82, 2.24) is 20.4 Å². The molecule has 2 N–H and O–H groups in total. The third-order valence-corrected chi connectivity index (χ3v) is 6.95. The molecule has 1 aromatic heterocycles. The molecular weight excluding hydrogens is 366 g/mol. The quantitative estimate of drug-likeness (QED) is 0.487. The predicted molar refractivity (Wildman–Crippen MR) is 121 cm³/mol. The van der Waals surface area contributed by atoms with Gasteiger partial charge in [-0.05, 0) is 77.4 Å². The van der Waals surface area contributed by atoms with Gasteiger partial charge >= 0.3 is 0 Å². The number of aliphatic imine (C=N–C) groups is 1. The summed E-state index contributed by atoms with van der Waals surface area (Å²) >= 11 is 1.88. The van der Waals surface area contributed by atoms with Crippen LogP contribution in [0.3, 0.4) is 0 Å². The van der Waals surface area contributed by atoms with E-state index in [-0.39, 0.29) is 0 Å². The Labute approximate surface area is 175 Å². The number of hydrogen-bond acceptors (Lipinski definition) is 4. The maximum absolute atomic E-state index is 4.99. The summed E-state index contributed by atoms with van der Waals surface area (Å²) in [6, 6.07) is 6.40. The van der Waals surface area contributed by atoms with Crippen molar-refractivity contribution in [2.75, 3.05) is 39.8 Å². The molecular formula is C22H39N5S. The van der Waals surface area contributed by atoms with Crippen molar-refractivity contribution in [2.45, 2.75) is 64.6 Å². The van der Waals surface area contributed by atoms with Crippen LogP contribution in [0.25, 0.3) is 0 Å². The summed E-state index contributed by atoms with van der Waals surface area (Å²) in [4.78, 5) is 11.6. The van der Waals surface area contributed by atoms with Crippen molar-refractivity contribution in [3.63, 3.8) is 0 Å². The third kappa shape index (κ3) is 5.94. The van der Waals surface area contributed by atoms with Crippen molar-refractivity contribution in [1.29, 1.82) is 0 Å². The Morgan fingerprint density at radius 3 is 2.79 bits per heavy atom. The lowest BCUT2D eigenvalue weighted by Crippen LogP contribution is -2.44. The largest absolute Gasteiger partial charge is 0.357 e. The molecule has 5 nitrogen and oxygen atoms in total. The number of nitrogens with zero attached hydrogens (tertiary/aromatic N) is 3. The predicted octanol–water partition coefficient (Wildman–Crippen LogP) is 3.56. The fraction of sp³-hybridized carbons (Fsp3) is 0.773. The van der Waals surface area contributed by atoms with Gasteiger partial charge < -0.3 is 10.6 Å². The number of thiophene rings is 1. The van der Waals surface area contributed by atoms with E-state index in [1.807, 2.05) is 11.3 Å². The fourth-order valence-corrected chi connectivity index (χ4v) is 5.47. The third-order valence-electron chi connectivity index (χ3n) is 6.01. The first kappa shape index (κ1) is 21.6. The fourth-order valence-electron chi connectivity index (χ4n) is 4.48. The molecule has 158 valence electrons. The lowest BCUT2D eigenvalue weighted by Gasteiger charge is -2.38. The van der Waals surface area contributed by atoms with Crippen LogP contribution in [0.1, 0.15) is 57.4 Å². The van der Waals surface area contributed by atoms with Gasteiger partial charge in [0.1, 0.15) is 0 Å². The molecule has 28 heavy (non-hydrogen) atoms. The minimum atomic E-state index is 0.506. The molecule has 0 amide bonds. The zero-order valence-electron chi connectivity index (χ0n) is 18.2. The average molecular weight is 406 g/mol. The topological polar surface area (TPSA) is 42.9 Å². The summed E-state index contributed by atoms with van der Waals surface area (Å²) in [5.74, 6) is 1.56. The normalized spacial score (nSPS) is 24.1. The molecule has 0 spiro atoms. The molecule has 3 rings (SSSR count). The average Bonchev–Trinajstić information content (AvgIpc) is 3.36. The zero-order chi connectivity index (χ0) is 19.9. The number of nitrogens with one attached hydrogen (secondary N) is 2. The molecule has 2 aliphatic rings. The maximum atomic E-state index is 4.99. The van der Waals surface area contributed by atoms with Crippen LogP contribution in [-0.4, -0.2) is 67.6 Å². The molecule has 2 atom stereocenters. The molecule has 0 bridgehead atoms. The number of piperidine rings is 1. The van der Waals surface area contributed by atoms with Gasteiger partial charge in [-0.1, -0.05) is 6.07 Å². The number of likely N-dealkylation sites (tertiary alicyclic amines) is 1. The molecule has 2 fully saturated rings. The number of hydrogen-bond donors (Lipinski definition) is 2. The smallest absolute Gasteiger partial charge is 0.191 e. The highest BCUT2D eigenvalue weighted by Crippen LogP contribution is 2.37. The van der Waals surface area contributed by atoms with Crippen LogP contribution in [-0.2, 0) is 0 Å². The Hall–Kier alpha value is -1.11. The van der Waals surface area contributed by atoms with Gasteiger partial charge in [-0.25, -0.2) is 0 Å². The molecule has 1 aliphatic heterocycles. The molecule has 2 unspecified atom stereocenters. The van der Waals surface area contributed by atoms with E-state index >= 15 is 0 Å². The van der Waals surface area contributed by atoms with Gasteiger partial charge in [-0.15, -0.1) is 11.3 Å². The highest BCUT2D eigenvalue weighted by Gasteiger charge is 2.31. The monoisotopic (exact) mass is 405 g/mol. The lowest BCUT2D eigenvalue weighted by atomic mass is 9.88. The first-order valence-corrected chi connectivity index (χ1v) is 12.0. The second kappa shape index (κ2) is 10.6. The van der Waals surface area contributed by atoms with Gasteiger partial charge in [0.05, 0.1) is 0 Å². The van der Waals surface area contributed by atoms with E-state index in [1.54, 1.807) is 0 Å². The van der Waals surface area contributed by atoms with Gasteiger partial charge in [-0.2, -0.15) is 0 Å². The zero-order valence-corrected chi connectivity index (χ0v) is 19.0. The van der Waals surface area contributed by atoms with Crippen LogP contribution in [0, 0.1) is 5.92 Å². The van der Waals surface area contributed by atoms with Gasteiger partial charge in [0, 0.05) is 49.2 Å². The second-order valence-electron chi connectivity index (χ2n) is 8.55. The van der Waals surface area contributed by atoms with E-state index in [0.717, 1.165) is 38.2 Å². The summed E-state index contributed by atoms with van der Waals surface area (Å²) in [7, 11) is 2.27. The summed E-state index contributed by atoms with van der Waals surface area (Å²) < 4.78 is 0. The van der Waals surface area contributed by atoms with Gasteiger partial charge in [0.25, 0.3) is 0 Å². The van der Waals surface area contributed by atoms with Crippen LogP contribution >= 0.6 is 11.3 Å². The lowest BCUT2D eigenvalue weighted by molar-refractivity contribution is 0.128. The van der Waals surface area contributed by atoms with Gasteiger partial charge in [-0.3, -0.25) is 14.8 Å². The van der Waals surface area contributed by atoms with Crippen LogP contribution in [0.4, 0.5) is 0 Å². The van der Waals surface area contributed by atoms with Crippen molar-refractivity contribution < 1.29 is 0 Å². The molecule has 0 radical (unpaired) electrons. The van der Waals surface area contributed by atoms with Gasteiger partial charge in [0.2, 0.25) is 0 Å². The molecule has 6 heteroatoms. The van der Waals surface area contributed by atoms with Crippen LogP contribution < -0.4 is 10.6 Å². The van der Waals surface area contributed by atoms with Crippen LogP contribution in [0.2, 0.25) is 0 Å². The van der Waals surface area contributed by atoms with Crippen molar-refractivity contribution in [3.05, 3.63) is 22.4 Å². The minimum absolute atomic E-state index is 0.506. The minimum Gasteiger partial charge on any atom is -0.357 e. The Morgan fingerprint density at radius 1 is 1.32 bits per heavy atom. The summed E-state index contributed by atoms with van der Waals surface area (Å²) in [6.07, 6.45) is 5.27. The maximum Gasteiger partial charge on any atom is 0.191 e. The molecule has 1 aromatic rings. The van der Waals surface area contributed by atoms with E-state index < -0.39 is 0 Å². The van der Waals surface area contributed by atoms with E-state index in [1.165, 1.54) is 37.1 Å². The van der Waals surface area contributed by atoms with E-state index in [2.05, 4.69) is 65.8 Å². The van der Waals surface area contributed by atoms with E-state index in [9.17, 15) is 0 Å². The van der Waals surface area contributed by atoms with Crippen LogP contribution in [0.5, 0.6) is 0 Å². The highest BCUT2D eigenvalue weighted by atomic mass is 32.1.